The lowest BCUT2D eigenvalue weighted by atomic mass is 10.3. The zero-order valence-electron chi connectivity index (χ0n) is 18.4. The van der Waals surface area contributed by atoms with Gasteiger partial charge >= 0.3 is 0 Å². The zero-order valence-corrected chi connectivity index (χ0v) is 21.6. The number of carbonyl (C=O) groups is 1. The molecule has 1 aromatic rings. The van der Waals surface area contributed by atoms with Crippen molar-refractivity contribution >= 4 is 51.6 Å². The molecule has 2 rings (SSSR count). The van der Waals surface area contributed by atoms with Gasteiger partial charge in [-0.05, 0) is 32.9 Å². The zero-order chi connectivity index (χ0) is 22.0. The van der Waals surface area contributed by atoms with Crippen molar-refractivity contribution in [3.63, 3.8) is 0 Å². The van der Waals surface area contributed by atoms with Crippen LogP contribution in [-0.4, -0.2) is 87.2 Å². The SMILES string of the molecule is CCNC(=NCC(=O)Nc1ccccc1)N1CCN(S(=O)(=O)CCOC(C)C)CC1.I. The Morgan fingerprint density at radius 1 is 1.16 bits per heavy atom. The Hall–Kier alpha value is -1.44. The molecule has 0 saturated carbocycles. The molecular weight excluding hydrogens is 533 g/mol. The third-order valence-electron chi connectivity index (χ3n) is 4.49. The molecule has 0 aromatic heterocycles. The van der Waals surface area contributed by atoms with Gasteiger partial charge in [0, 0.05) is 38.4 Å². The van der Waals surface area contributed by atoms with E-state index in [0.717, 1.165) is 5.69 Å². The van der Waals surface area contributed by atoms with Gasteiger partial charge in [0.2, 0.25) is 15.9 Å². The number of hydrogen-bond acceptors (Lipinski definition) is 5. The van der Waals surface area contributed by atoms with Gasteiger partial charge in [-0.2, -0.15) is 4.31 Å². The number of guanidine groups is 1. The number of nitrogens with zero attached hydrogens (tertiary/aromatic N) is 3. The van der Waals surface area contributed by atoms with Crippen LogP contribution in [-0.2, 0) is 19.6 Å². The van der Waals surface area contributed by atoms with Crippen molar-refractivity contribution < 1.29 is 17.9 Å². The largest absolute Gasteiger partial charge is 0.378 e. The predicted octanol–water partition coefficient (Wildman–Crippen LogP) is 1.58. The molecule has 0 atom stereocenters. The number of nitrogens with one attached hydrogen (secondary N) is 2. The number of aliphatic imine (C=N–C) groups is 1. The first-order valence-corrected chi connectivity index (χ1v) is 11.9. The standard InChI is InChI=1S/C20H33N5O4S.HI/c1-4-21-20(22-16-19(26)23-18-8-6-5-7-9-18)24-10-12-25(13-11-24)30(27,28)15-14-29-17(2)3;/h5-9,17H,4,10-16H2,1-3H3,(H,21,22)(H,23,26);1H. The molecule has 1 heterocycles. The number of carbonyl (C=O) groups excluding carboxylic acids is 1. The number of para-hydroxylation sites is 1. The van der Waals surface area contributed by atoms with Gasteiger partial charge < -0.3 is 20.3 Å². The Labute approximate surface area is 202 Å². The van der Waals surface area contributed by atoms with E-state index in [1.165, 1.54) is 4.31 Å². The fourth-order valence-corrected chi connectivity index (χ4v) is 4.28. The summed E-state index contributed by atoms with van der Waals surface area (Å²) >= 11 is 0. The lowest BCUT2D eigenvalue weighted by Gasteiger charge is -2.35. The van der Waals surface area contributed by atoms with E-state index >= 15 is 0 Å². The summed E-state index contributed by atoms with van der Waals surface area (Å²) in [5.41, 5.74) is 0.725. The molecule has 2 N–H and O–H groups in total. The van der Waals surface area contributed by atoms with Crippen LogP contribution in [0.25, 0.3) is 0 Å². The predicted molar refractivity (Wildman–Crippen MR) is 134 cm³/mol. The molecule has 0 radical (unpaired) electrons. The summed E-state index contributed by atoms with van der Waals surface area (Å²) in [5.74, 6) is 0.391. The molecule has 1 fully saturated rings. The maximum atomic E-state index is 12.5. The molecule has 0 spiro atoms. The van der Waals surface area contributed by atoms with Gasteiger partial charge in [-0.25, -0.2) is 13.4 Å². The first-order valence-electron chi connectivity index (χ1n) is 10.3. The van der Waals surface area contributed by atoms with E-state index in [9.17, 15) is 13.2 Å². The van der Waals surface area contributed by atoms with Crippen LogP contribution in [0.2, 0.25) is 0 Å². The van der Waals surface area contributed by atoms with Crippen LogP contribution in [0.1, 0.15) is 20.8 Å². The smallest absolute Gasteiger partial charge is 0.246 e. The second kappa shape index (κ2) is 13.9. The highest BCUT2D eigenvalue weighted by molar-refractivity contribution is 14.0. The van der Waals surface area contributed by atoms with Crippen molar-refractivity contribution in [1.82, 2.24) is 14.5 Å². The molecule has 176 valence electrons. The second-order valence-electron chi connectivity index (χ2n) is 7.21. The van der Waals surface area contributed by atoms with Gasteiger partial charge in [-0.15, -0.1) is 24.0 Å². The molecule has 1 aliphatic heterocycles. The molecule has 0 unspecified atom stereocenters. The third-order valence-corrected chi connectivity index (χ3v) is 6.32. The minimum atomic E-state index is -3.34. The summed E-state index contributed by atoms with van der Waals surface area (Å²) in [5, 5.41) is 5.98. The van der Waals surface area contributed by atoms with Crippen LogP contribution < -0.4 is 10.6 Å². The van der Waals surface area contributed by atoms with Crippen LogP contribution in [0.15, 0.2) is 35.3 Å². The van der Waals surface area contributed by atoms with E-state index in [0.29, 0.717) is 38.7 Å². The minimum Gasteiger partial charge on any atom is -0.378 e. The van der Waals surface area contributed by atoms with E-state index in [-0.39, 0.29) is 54.9 Å². The summed E-state index contributed by atoms with van der Waals surface area (Å²) in [7, 11) is -3.34. The van der Waals surface area contributed by atoms with Gasteiger partial charge in [-0.3, -0.25) is 4.79 Å². The fraction of sp³-hybridized carbons (Fsp3) is 0.600. The van der Waals surface area contributed by atoms with Crippen LogP contribution in [0.3, 0.4) is 0 Å². The number of benzene rings is 1. The lowest BCUT2D eigenvalue weighted by molar-refractivity contribution is -0.114. The molecule has 0 aliphatic carbocycles. The molecule has 1 amide bonds. The second-order valence-corrected chi connectivity index (χ2v) is 9.29. The minimum absolute atomic E-state index is 0. The average Bonchev–Trinajstić information content (AvgIpc) is 2.71. The molecule has 9 nitrogen and oxygen atoms in total. The number of anilines is 1. The Morgan fingerprint density at radius 3 is 2.39 bits per heavy atom. The van der Waals surface area contributed by atoms with Gasteiger partial charge in [0.05, 0.1) is 18.5 Å². The number of amides is 1. The first kappa shape index (κ1) is 27.6. The molecule has 31 heavy (non-hydrogen) atoms. The molecular formula is C20H34IN5O4S. The monoisotopic (exact) mass is 567 g/mol. The van der Waals surface area contributed by atoms with Crippen molar-refractivity contribution in [2.45, 2.75) is 26.9 Å². The molecule has 11 heteroatoms. The van der Waals surface area contributed by atoms with Crippen molar-refractivity contribution in [3.05, 3.63) is 30.3 Å². The van der Waals surface area contributed by atoms with Gasteiger partial charge in [-0.1, -0.05) is 18.2 Å². The molecule has 1 saturated heterocycles. The summed E-state index contributed by atoms with van der Waals surface area (Å²) < 4.78 is 31.8. The van der Waals surface area contributed by atoms with E-state index in [2.05, 4.69) is 15.6 Å². The maximum Gasteiger partial charge on any atom is 0.246 e. The number of sulfonamides is 1. The summed E-state index contributed by atoms with van der Waals surface area (Å²) in [4.78, 5) is 18.6. The summed E-state index contributed by atoms with van der Waals surface area (Å²) in [6, 6.07) is 9.22. The van der Waals surface area contributed by atoms with Crippen LogP contribution in [0, 0.1) is 0 Å². The molecule has 1 aliphatic rings. The molecule has 1 aromatic carbocycles. The van der Waals surface area contributed by atoms with Gasteiger partial charge in [0.1, 0.15) is 6.54 Å². The number of ether oxygens (including phenoxy) is 1. The van der Waals surface area contributed by atoms with Gasteiger partial charge in [0.15, 0.2) is 5.96 Å². The van der Waals surface area contributed by atoms with Crippen LogP contribution in [0.5, 0.6) is 0 Å². The maximum absolute atomic E-state index is 12.5. The van der Waals surface area contributed by atoms with E-state index in [1.54, 1.807) is 0 Å². The van der Waals surface area contributed by atoms with Crippen molar-refractivity contribution in [3.8, 4) is 0 Å². The highest BCUT2D eigenvalue weighted by Crippen LogP contribution is 2.09. The number of piperazine rings is 1. The Kier molecular flexibility index (Phi) is 12.3. The highest BCUT2D eigenvalue weighted by Gasteiger charge is 2.28. The number of halogens is 1. The number of rotatable bonds is 9. The number of hydrogen-bond donors (Lipinski definition) is 2. The first-order chi connectivity index (χ1) is 14.3. The van der Waals surface area contributed by atoms with E-state index in [4.69, 9.17) is 4.74 Å². The highest BCUT2D eigenvalue weighted by atomic mass is 127. The van der Waals surface area contributed by atoms with Gasteiger partial charge in [0.25, 0.3) is 0 Å². The summed E-state index contributed by atoms with van der Waals surface area (Å²) in [6.07, 6.45) is 0.00928. The van der Waals surface area contributed by atoms with Crippen LogP contribution in [0.4, 0.5) is 5.69 Å². The van der Waals surface area contributed by atoms with Crippen molar-refractivity contribution in [1.29, 1.82) is 0 Å². The van der Waals surface area contributed by atoms with Crippen LogP contribution >= 0.6 is 24.0 Å². The summed E-state index contributed by atoms with van der Waals surface area (Å²) in [6.45, 7) is 8.34. The normalized spacial score (nSPS) is 15.5. The van der Waals surface area contributed by atoms with E-state index in [1.807, 2.05) is 56.0 Å². The van der Waals surface area contributed by atoms with Crippen molar-refractivity contribution in [2.24, 2.45) is 4.99 Å². The topological polar surface area (TPSA) is 103 Å². The quantitative estimate of drug-likeness (QED) is 0.267. The Morgan fingerprint density at radius 2 is 1.81 bits per heavy atom. The Balaban J connectivity index is 0.00000480. The van der Waals surface area contributed by atoms with E-state index < -0.39 is 10.0 Å². The molecule has 0 bridgehead atoms. The fourth-order valence-electron chi connectivity index (χ4n) is 2.99. The third kappa shape index (κ3) is 9.71. The average molecular weight is 567 g/mol. The Bertz CT molecular complexity index is 797. The lowest BCUT2D eigenvalue weighted by Crippen LogP contribution is -2.54. The van der Waals surface area contributed by atoms with Crippen molar-refractivity contribution in [2.75, 3.05) is 56.9 Å².